The van der Waals surface area contributed by atoms with Gasteiger partial charge in [0.25, 0.3) is 5.91 Å². The zero-order valence-electron chi connectivity index (χ0n) is 14.0. The van der Waals surface area contributed by atoms with Crippen molar-refractivity contribution in [3.63, 3.8) is 0 Å². The molecule has 2 heterocycles. The van der Waals surface area contributed by atoms with Gasteiger partial charge < -0.3 is 19.3 Å². The lowest BCUT2D eigenvalue weighted by atomic mass is 9.76. The molecule has 3 rings (SSSR count). The molecule has 1 unspecified atom stereocenters. The van der Waals surface area contributed by atoms with E-state index in [9.17, 15) is 14.7 Å². The molecule has 0 aromatic carbocycles. The number of aliphatic hydroxyl groups excluding tert-OH is 1. The third kappa shape index (κ3) is 3.01. The van der Waals surface area contributed by atoms with Crippen molar-refractivity contribution in [2.75, 3.05) is 6.54 Å². The molecule has 0 aliphatic heterocycles. The molecule has 0 saturated carbocycles. The summed E-state index contributed by atoms with van der Waals surface area (Å²) < 4.78 is 10.8. The summed E-state index contributed by atoms with van der Waals surface area (Å²) in [5.41, 5.74) is 0.930. The smallest absolute Gasteiger partial charge is 0.287 e. The van der Waals surface area contributed by atoms with Crippen molar-refractivity contribution in [2.45, 2.75) is 39.7 Å². The molecule has 1 amide bonds. The zero-order chi connectivity index (χ0) is 17.5. The summed E-state index contributed by atoms with van der Waals surface area (Å²) in [4.78, 5) is 24.7. The number of hydrogen-bond donors (Lipinski definition) is 2. The Kier molecular flexibility index (Phi) is 4.09. The van der Waals surface area contributed by atoms with Gasteiger partial charge in [-0.2, -0.15) is 0 Å². The Morgan fingerprint density at radius 2 is 2.17 bits per heavy atom. The fourth-order valence-corrected chi connectivity index (χ4v) is 3.15. The maximum atomic E-state index is 12.4. The van der Waals surface area contributed by atoms with E-state index in [1.807, 2.05) is 13.8 Å². The number of amides is 1. The molecular weight excluding hydrogens is 310 g/mol. The number of ketones is 1. The van der Waals surface area contributed by atoms with Crippen molar-refractivity contribution in [1.82, 2.24) is 5.32 Å². The first-order chi connectivity index (χ1) is 11.3. The van der Waals surface area contributed by atoms with Crippen LogP contribution in [0.2, 0.25) is 0 Å². The summed E-state index contributed by atoms with van der Waals surface area (Å²) in [6.45, 7) is 5.73. The van der Waals surface area contributed by atoms with Gasteiger partial charge in [-0.3, -0.25) is 9.59 Å². The van der Waals surface area contributed by atoms with Crippen LogP contribution in [0.1, 0.15) is 64.4 Å². The molecule has 128 valence electrons. The van der Waals surface area contributed by atoms with Crippen LogP contribution in [-0.4, -0.2) is 23.3 Å². The lowest BCUT2D eigenvalue weighted by molar-refractivity contribution is 0.0861. The molecule has 1 atom stereocenters. The number of nitrogens with one attached hydrogen (secondary N) is 1. The minimum atomic E-state index is -0.936. The number of aliphatic hydroxyl groups is 1. The van der Waals surface area contributed by atoms with Crippen LogP contribution in [0.3, 0.4) is 0 Å². The minimum absolute atomic E-state index is 0.00338. The van der Waals surface area contributed by atoms with Crippen LogP contribution < -0.4 is 5.32 Å². The van der Waals surface area contributed by atoms with E-state index in [-0.39, 0.29) is 23.5 Å². The molecule has 0 bridgehead atoms. The second kappa shape index (κ2) is 5.94. The molecule has 24 heavy (non-hydrogen) atoms. The van der Waals surface area contributed by atoms with E-state index in [2.05, 4.69) is 5.32 Å². The van der Waals surface area contributed by atoms with Gasteiger partial charge in [0.2, 0.25) is 0 Å². The third-order valence-electron chi connectivity index (χ3n) is 4.31. The highest BCUT2D eigenvalue weighted by Crippen LogP contribution is 2.38. The average Bonchev–Trinajstić information content (AvgIpc) is 3.11. The summed E-state index contributed by atoms with van der Waals surface area (Å²) in [6, 6.07) is 3.30. The van der Waals surface area contributed by atoms with Crippen molar-refractivity contribution in [3.8, 4) is 0 Å². The van der Waals surface area contributed by atoms with Crippen LogP contribution in [0.15, 0.2) is 27.2 Å². The van der Waals surface area contributed by atoms with Crippen LogP contribution in [0.4, 0.5) is 0 Å². The molecule has 0 spiro atoms. The van der Waals surface area contributed by atoms with Crippen LogP contribution in [-0.2, 0) is 6.42 Å². The zero-order valence-corrected chi connectivity index (χ0v) is 14.0. The van der Waals surface area contributed by atoms with Gasteiger partial charge in [-0.05, 0) is 24.5 Å². The van der Waals surface area contributed by atoms with E-state index in [1.54, 1.807) is 19.1 Å². The highest BCUT2D eigenvalue weighted by Gasteiger charge is 2.37. The van der Waals surface area contributed by atoms with Crippen LogP contribution in [0.5, 0.6) is 0 Å². The van der Waals surface area contributed by atoms with E-state index in [4.69, 9.17) is 8.83 Å². The molecule has 0 saturated heterocycles. The molecule has 6 nitrogen and oxygen atoms in total. The second-order valence-corrected chi connectivity index (χ2v) is 7.04. The Labute approximate surface area is 139 Å². The quantitative estimate of drug-likeness (QED) is 0.898. The Morgan fingerprint density at radius 3 is 2.83 bits per heavy atom. The van der Waals surface area contributed by atoms with E-state index in [0.29, 0.717) is 35.5 Å². The van der Waals surface area contributed by atoms with Gasteiger partial charge >= 0.3 is 0 Å². The number of carbonyl (C=O) groups is 2. The number of furan rings is 2. The Bertz CT molecular complexity index is 770. The molecule has 1 aliphatic rings. The van der Waals surface area contributed by atoms with Crippen molar-refractivity contribution < 1.29 is 23.5 Å². The molecular formula is C18H21NO5. The highest BCUT2D eigenvalue weighted by atomic mass is 16.4. The molecule has 1 aliphatic carbocycles. The van der Waals surface area contributed by atoms with Crippen molar-refractivity contribution >= 4 is 11.7 Å². The van der Waals surface area contributed by atoms with Gasteiger partial charge in [-0.1, -0.05) is 13.8 Å². The van der Waals surface area contributed by atoms with Crippen molar-refractivity contribution in [2.24, 2.45) is 5.41 Å². The Hall–Kier alpha value is -2.34. The lowest BCUT2D eigenvalue weighted by Gasteiger charge is -2.27. The summed E-state index contributed by atoms with van der Waals surface area (Å²) in [5, 5.41) is 12.6. The largest absolute Gasteiger partial charge is 0.467 e. The maximum Gasteiger partial charge on any atom is 0.287 e. The fourth-order valence-electron chi connectivity index (χ4n) is 3.15. The monoisotopic (exact) mass is 331 g/mol. The van der Waals surface area contributed by atoms with E-state index >= 15 is 0 Å². The molecule has 2 aromatic heterocycles. The summed E-state index contributed by atoms with van der Waals surface area (Å²) in [5.74, 6) is 0.654. The summed E-state index contributed by atoms with van der Waals surface area (Å²) >= 11 is 0. The van der Waals surface area contributed by atoms with Crippen LogP contribution in [0, 0.1) is 12.3 Å². The summed E-state index contributed by atoms with van der Waals surface area (Å²) in [7, 11) is 0. The molecule has 2 aromatic rings. The van der Waals surface area contributed by atoms with Crippen molar-refractivity contribution in [3.05, 3.63) is 46.8 Å². The van der Waals surface area contributed by atoms with E-state index < -0.39 is 12.0 Å². The van der Waals surface area contributed by atoms with Gasteiger partial charge in [0, 0.05) is 18.4 Å². The number of carbonyl (C=O) groups excluding carboxylic acids is 2. The van der Waals surface area contributed by atoms with Crippen molar-refractivity contribution in [1.29, 1.82) is 0 Å². The minimum Gasteiger partial charge on any atom is -0.467 e. The number of hydrogen-bond acceptors (Lipinski definition) is 5. The molecule has 0 fully saturated rings. The predicted octanol–water partition coefficient (Wildman–Crippen LogP) is 2.80. The van der Waals surface area contributed by atoms with Crippen LogP contribution >= 0.6 is 0 Å². The summed E-state index contributed by atoms with van der Waals surface area (Å²) in [6.07, 6.45) is 1.59. The standard InChI is InChI=1S/C18H21NO5/c1-10-15-11(20)7-18(2,3)8-14(15)24-16(10)17(22)19-9-12(21)13-5-4-6-23-13/h4-6,12,21H,7-9H2,1-3H3,(H,19,22). The Morgan fingerprint density at radius 1 is 1.42 bits per heavy atom. The number of Topliss-reactive ketones (excluding diaryl/α,β-unsaturated/α-hetero) is 1. The first-order valence-electron chi connectivity index (χ1n) is 7.93. The fraction of sp³-hybridized carbons (Fsp3) is 0.444. The predicted molar refractivity (Wildman–Crippen MR) is 85.9 cm³/mol. The SMILES string of the molecule is Cc1c(C(=O)NCC(O)c2ccco2)oc2c1C(=O)CC(C)(C)C2. The van der Waals surface area contributed by atoms with E-state index in [0.717, 1.165) is 0 Å². The normalized spacial score (nSPS) is 17.4. The van der Waals surface area contributed by atoms with Gasteiger partial charge in [0.05, 0.1) is 18.4 Å². The van der Waals surface area contributed by atoms with Gasteiger partial charge in [0.15, 0.2) is 11.5 Å². The van der Waals surface area contributed by atoms with Crippen LogP contribution in [0.25, 0.3) is 0 Å². The second-order valence-electron chi connectivity index (χ2n) is 7.04. The average molecular weight is 331 g/mol. The van der Waals surface area contributed by atoms with Gasteiger partial charge in [-0.25, -0.2) is 0 Å². The number of rotatable bonds is 4. The first-order valence-corrected chi connectivity index (χ1v) is 7.93. The van der Waals surface area contributed by atoms with Gasteiger partial charge in [0.1, 0.15) is 17.6 Å². The number of fused-ring (bicyclic) bond motifs is 1. The molecule has 6 heteroatoms. The lowest BCUT2D eigenvalue weighted by Crippen LogP contribution is -2.28. The van der Waals surface area contributed by atoms with E-state index in [1.165, 1.54) is 6.26 Å². The van der Waals surface area contributed by atoms with Gasteiger partial charge in [-0.15, -0.1) is 0 Å². The maximum absolute atomic E-state index is 12.4. The highest BCUT2D eigenvalue weighted by molar-refractivity contribution is 6.03. The third-order valence-corrected chi connectivity index (χ3v) is 4.31. The Balaban J connectivity index is 1.76. The topological polar surface area (TPSA) is 92.7 Å². The first kappa shape index (κ1) is 16.5. The molecule has 2 N–H and O–H groups in total. The molecule has 0 radical (unpaired) electrons.